The Morgan fingerprint density at radius 2 is 1.52 bits per heavy atom. The maximum Gasteiger partial charge on any atom is 0.421 e. The number of esters is 1. The van der Waals surface area contributed by atoms with E-state index in [1.165, 1.54) is 19.2 Å². The maximum absolute atomic E-state index is 16.2. The van der Waals surface area contributed by atoms with Crippen molar-refractivity contribution in [3.8, 4) is 17.6 Å². The van der Waals surface area contributed by atoms with E-state index in [1.807, 2.05) is 77.7 Å². The number of ether oxygens (including phenoxy) is 4. The molecular formula is C51H48N4O10. The lowest BCUT2D eigenvalue weighted by Gasteiger charge is -2.46. The number of amides is 3. The van der Waals surface area contributed by atoms with E-state index >= 15 is 14.4 Å². The van der Waals surface area contributed by atoms with Gasteiger partial charge in [0.15, 0.2) is 0 Å². The van der Waals surface area contributed by atoms with E-state index in [9.17, 15) is 15.0 Å². The molecule has 6 atom stereocenters. The van der Waals surface area contributed by atoms with Crippen molar-refractivity contribution in [2.24, 2.45) is 5.92 Å². The Morgan fingerprint density at radius 1 is 0.831 bits per heavy atom. The molecule has 332 valence electrons. The van der Waals surface area contributed by atoms with E-state index < -0.39 is 59.4 Å². The highest BCUT2D eigenvalue weighted by Gasteiger charge is 2.75. The molecule has 5 aromatic carbocycles. The highest BCUT2D eigenvalue weighted by molar-refractivity contribution is 6.24. The predicted octanol–water partition coefficient (Wildman–Crippen LogP) is 6.05. The number of nitrogens with one attached hydrogen (secondary N) is 1. The summed E-state index contributed by atoms with van der Waals surface area (Å²) in [6.07, 6.45) is -1.75. The highest BCUT2D eigenvalue weighted by Crippen LogP contribution is 2.66. The molecule has 3 fully saturated rings. The summed E-state index contributed by atoms with van der Waals surface area (Å²) in [6, 6.07) is 34.0. The second-order valence-electron chi connectivity index (χ2n) is 16.2. The molecule has 1 spiro atoms. The van der Waals surface area contributed by atoms with Crippen LogP contribution in [0, 0.1) is 17.8 Å². The first-order valence-electron chi connectivity index (χ1n) is 21.6. The van der Waals surface area contributed by atoms with Gasteiger partial charge in [-0.3, -0.25) is 19.3 Å². The number of phenolic OH excluding ortho intramolecular Hbond substituents is 1. The second kappa shape index (κ2) is 18.6. The molecule has 65 heavy (non-hydrogen) atoms. The molecule has 3 amide bonds. The normalized spacial score (nSPS) is 23.6. The number of carbonyl (C=O) groups excluding carboxylic acids is 4. The summed E-state index contributed by atoms with van der Waals surface area (Å²) in [6.45, 7) is 2.30. The number of morpholine rings is 2. The Labute approximate surface area is 376 Å². The number of nitrogens with zero attached hydrogens (tertiary/aromatic N) is 3. The number of rotatable bonds is 10. The molecule has 4 aliphatic rings. The van der Waals surface area contributed by atoms with Crippen LogP contribution in [0.1, 0.15) is 52.4 Å². The average Bonchev–Trinajstić information content (AvgIpc) is 3.79. The quantitative estimate of drug-likeness (QED) is 0.0846. The summed E-state index contributed by atoms with van der Waals surface area (Å²) >= 11 is 0. The molecule has 3 saturated heterocycles. The van der Waals surface area contributed by atoms with Gasteiger partial charge in [0.2, 0.25) is 11.8 Å². The molecule has 4 heterocycles. The molecule has 4 aliphatic heterocycles. The Hall–Kier alpha value is -7.02. The van der Waals surface area contributed by atoms with E-state index in [2.05, 4.69) is 22.1 Å². The Bertz CT molecular complexity index is 2610. The van der Waals surface area contributed by atoms with Crippen molar-refractivity contribution in [3.05, 3.63) is 155 Å². The molecule has 0 aromatic heterocycles. The van der Waals surface area contributed by atoms with Gasteiger partial charge in [-0.25, -0.2) is 9.69 Å². The minimum atomic E-state index is -2.05. The van der Waals surface area contributed by atoms with Crippen molar-refractivity contribution in [2.75, 3.05) is 68.4 Å². The highest BCUT2D eigenvalue weighted by atomic mass is 16.6. The number of imide groups is 1. The molecule has 0 saturated carbocycles. The van der Waals surface area contributed by atoms with Crippen molar-refractivity contribution in [3.63, 3.8) is 0 Å². The van der Waals surface area contributed by atoms with Gasteiger partial charge < -0.3 is 39.4 Å². The first-order valence-corrected chi connectivity index (χ1v) is 21.6. The van der Waals surface area contributed by atoms with E-state index in [4.69, 9.17) is 18.9 Å². The van der Waals surface area contributed by atoms with Crippen molar-refractivity contribution in [2.45, 2.75) is 36.1 Å². The van der Waals surface area contributed by atoms with Crippen molar-refractivity contribution < 1.29 is 48.3 Å². The van der Waals surface area contributed by atoms with E-state index in [0.717, 1.165) is 16.2 Å². The number of benzene rings is 5. The first-order chi connectivity index (χ1) is 31.8. The molecular weight excluding hydrogens is 829 g/mol. The number of cyclic esters (lactones) is 1. The largest absolute Gasteiger partial charge is 0.508 e. The summed E-state index contributed by atoms with van der Waals surface area (Å²) in [5.74, 6) is 2.19. The summed E-state index contributed by atoms with van der Waals surface area (Å²) in [7, 11) is 1.46. The summed E-state index contributed by atoms with van der Waals surface area (Å²) in [5, 5.41) is 23.4. The van der Waals surface area contributed by atoms with Crippen LogP contribution in [0.5, 0.6) is 5.75 Å². The van der Waals surface area contributed by atoms with Gasteiger partial charge in [-0.05, 0) is 76.9 Å². The Morgan fingerprint density at radius 3 is 2.20 bits per heavy atom. The van der Waals surface area contributed by atoms with Crippen LogP contribution < -0.4 is 15.1 Å². The summed E-state index contributed by atoms with van der Waals surface area (Å²) in [4.78, 5) is 66.6. The first kappa shape index (κ1) is 43.2. The maximum atomic E-state index is 16.2. The van der Waals surface area contributed by atoms with Gasteiger partial charge in [-0.2, -0.15) is 0 Å². The van der Waals surface area contributed by atoms with Gasteiger partial charge in [0.25, 0.3) is 0 Å². The van der Waals surface area contributed by atoms with Crippen molar-refractivity contribution in [1.29, 1.82) is 0 Å². The van der Waals surface area contributed by atoms with Crippen LogP contribution in [0.25, 0.3) is 0 Å². The molecule has 9 rings (SSSR count). The fraction of sp³-hybridized carbons (Fsp3) is 0.294. The molecule has 5 aromatic rings. The Kier molecular flexibility index (Phi) is 12.4. The minimum Gasteiger partial charge on any atom is -0.508 e. The van der Waals surface area contributed by atoms with E-state index in [1.54, 1.807) is 42.5 Å². The SMILES string of the molecule is COCCOC(=O)N1C(=O)[C@@]2(c3cc(C#CCCO)ccc31)[C@H](c1ccc(O)cc1)N1[C@H](c3ccccc3)[C@H](c3ccccc3)OC(=O)[C@H]1[C@@H]2C(=O)Nc1ccc(N2CCOCC2)cc1. The van der Waals surface area contributed by atoms with Crippen LogP contribution in [0.4, 0.5) is 21.9 Å². The van der Waals surface area contributed by atoms with E-state index in [-0.39, 0.29) is 43.2 Å². The van der Waals surface area contributed by atoms with Crippen molar-refractivity contribution >= 4 is 40.9 Å². The number of hydrogen-bond acceptors (Lipinski definition) is 12. The number of aliphatic hydroxyl groups excluding tert-OH is 1. The fourth-order valence-corrected chi connectivity index (χ4v) is 9.92. The zero-order valence-electron chi connectivity index (χ0n) is 35.7. The molecule has 0 bridgehead atoms. The number of fused-ring (bicyclic) bond motifs is 3. The molecule has 0 unspecified atom stereocenters. The number of anilines is 3. The van der Waals surface area contributed by atoms with Crippen LogP contribution in [0.3, 0.4) is 0 Å². The monoisotopic (exact) mass is 876 g/mol. The van der Waals surface area contributed by atoms with Gasteiger partial charge in [0.1, 0.15) is 29.9 Å². The topological polar surface area (TPSA) is 167 Å². The third-order valence-corrected chi connectivity index (χ3v) is 12.6. The smallest absolute Gasteiger partial charge is 0.421 e. The number of methoxy groups -OCH3 is 1. The predicted molar refractivity (Wildman–Crippen MR) is 240 cm³/mol. The molecule has 0 aliphatic carbocycles. The van der Waals surface area contributed by atoms with Crippen LogP contribution >= 0.6 is 0 Å². The lowest BCUT2D eigenvalue weighted by Crippen LogP contribution is -2.54. The number of carbonyl (C=O) groups is 4. The third-order valence-electron chi connectivity index (χ3n) is 12.6. The zero-order chi connectivity index (χ0) is 45.1. The summed E-state index contributed by atoms with van der Waals surface area (Å²) in [5.41, 5.74) is 2.04. The van der Waals surface area contributed by atoms with E-state index in [0.29, 0.717) is 48.7 Å². The number of aliphatic hydroxyl groups is 1. The molecule has 14 nitrogen and oxygen atoms in total. The van der Waals surface area contributed by atoms with Gasteiger partial charge in [0.05, 0.1) is 50.1 Å². The minimum absolute atomic E-state index is 0.0464. The van der Waals surface area contributed by atoms with Gasteiger partial charge >= 0.3 is 12.1 Å². The summed E-state index contributed by atoms with van der Waals surface area (Å²) < 4.78 is 22.9. The van der Waals surface area contributed by atoms with Gasteiger partial charge in [-0.15, -0.1) is 0 Å². The van der Waals surface area contributed by atoms with Crippen molar-refractivity contribution in [1.82, 2.24) is 4.90 Å². The molecule has 3 N–H and O–H groups in total. The number of aromatic hydroxyl groups is 1. The lowest BCUT2D eigenvalue weighted by atomic mass is 9.65. The fourth-order valence-electron chi connectivity index (χ4n) is 9.92. The number of phenols is 1. The van der Waals surface area contributed by atoms with Crippen LogP contribution in [-0.2, 0) is 38.7 Å². The standard InChI is InChI=1S/C51H48N4O10/c1-62-30-31-64-50(61)54-41-24-15-33(10-8-9-27-56)32-40(41)51(49(54)60)42(47(58)52-37-18-20-38(21-19-37)53-25-28-63-29-26-53)44-48(59)65-45(35-13-6-3-7-14-35)43(34-11-4-2-5-12-34)55(44)46(51)36-16-22-39(57)23-17-36/h2-7,11-24,32,42-46,56-57H,9,25-31H2,1H3,(H,52,58)/t42-,43-,44-,45+,46+,51-/m1/s1. The second-order valence-corrected chi connectivity index (χ2v) is 16.2. The van der Waals surface area contributed by atoms with Crippen LogP contribution in [-0.4, -0.2) is 98.3 Å². The van der Waals surface area contributed by atoms with Crippen LogP contribution in [0.15, 0.2) is 127 Å². The lowest BCUT2D eigenvalue weighted by molar-refractivity contribution is -0.177. The zero-order valence-corrected chi connectivity index (χ0v) is 35.7. The Balaban J connectivity index is 1.31. The van der Waals surface area contributed by atoms with Crippen LogP contribution in [0.2, 0.25) is 0 Å². The third kappa shape index (κ3) is 7.87. The van der Waals surface area contributed by atoms with Gasteiger partial charge in [-0.1, -0.05) is 84.6 Å². The molecule has 0 radical (unpaired) electrons. The molecule has 14 heteroatoms. The number of hydrogen-bond donors (Lipinski definition) is 3. The van der Waals surface area contributed by atoms with Gasteiger partial charge in [0, 0.05) is 43.6 Å². The average molecular weight is 877 g/mol.